The quantitative estimate of drug-likeness (QED) is 0.242. The molecule has 1 unspecified atom stereocenters. The Bertz CT molecular complexity index is 788. The van der Waals surface area contributed by atoms with Crippen LogP contribution in [-0.2, 0) is 10.9 Å². The Morgan fingerprint density at radius 3 is 1.28 bits per heavy atom. The van der Waals surface area contributed by atoms with Crippen LogP contribution >= 0.6 is 0 Å². The summed E-state index contributed by atoms with van der Waals surface area (Å²) in [7, 11) is -3.46. The minimum Gasteiger partial charge on any atom is -0.203 e. The van der Waals surface area contributed by atoms with Crippen molar-refractivity contribution in [2.45, 2.75) is 52.1 Å². The molecular weight excluding hydrogens is 516 g/mol. The third-order valence-corrected chi connectivity index (χ3v) is 6.12. The maximum absolute atomic E-state index is 14.1. The second-order valence-electron chi connectivity index (χ2n) is 6.14. The van der Waals surface area contributed by atoms with Gasteiger partial charge in [0.15, 0.2) is 4.90 Å². The summed E-state index contributed by atoms with van der Waals surface area (Å²) in [4.78, 5) is -0.891. The first-order valence-electron chi connectivity index (χ1n) is 7.60. The topological polar surface area (TPSA) is 0 Å². The molecule has 0 aliphatic rings. The molecular formula is C15H9F16S+. The first-order chi connectivity index (χ1) is 14.0. The highest BCUT2D eigenvalue weighted by molar-refractivity contribution is 7.97. The molecule has 0 heterocycles. The summed E-state index contributed by atoms with van der Waals surface area (Å²) in [6, 6.07) is 4.16. The molecule has 0 aliphatic heterocycles. The molecule has 0 radical (unpaired) electrons. The Morgan fingerprint density at radius 2 is 0.906 bits per heavy atom. The fourth-order valence-electron chi connectivity index (χ4n) is 2.09. The summed E-state index contributed by atoms with van der Waals surface area (Å²) in [5.41, 5.74) is 0. The van der Waals surface area contributed by atoms with Crippen LogP contribution in [0.4, 0.5) is 70.2 Å². The van der Waals surface area contributed by atoms with Gasteiger partial charge in [0, 0.05) is 0 Å². The smallest absolute Gasteiger partial charge is 0.203 e. The zero-order chi connectivity index (χ0) is 25.8. The summed E-state index contributed by atoms with van der Waals surface area (Å²) in [5, 5.41) is -6.34. The van der Waals surface area contributed by atoms with Gasteiger partial charge in [-0.1, -0.05) is 18.2 Å². The van der Waals surface area contributed by atoms with Crippen molar-refractivity contribution in [3.63, 3.8) is 0 Å². The highest BCUT2D eigenvalue weighted by Gasteiger charge is 2.95. The van der Waals surface area contributed by atoms with Crippen molar-refractivity contribution < 1.29 is 70.2 Å². The molecule has 1 atom stereocenters. The normalized spacial score (nSPS) is 16.4. The lowest BCUT2D eigenvalue weighted by molar-refractivity contribution is -0.441. The minimum atomic E-state index is -8.37. The van der Waals surface area contributed by atoms with Crippen LogP contribution in [0, 0.1) is 0 Å². The van der Waals surface area contributed by atoms with Crippen LogP contribution in [0.25, 0.3) is 0 Å². The van der Waals surface area contributed by atoms with Crippen LogP contribution in [0.2, 0.25) is 0 Å². The van der Waals surface area contributed by atoms with Crippen molar-refractivity contribution in [2.24, 2.45) is 0 Å². The van der Waals surface area contributed by atoms with E-state index in [0.29, 0.717) is 12.1 Å². The van der Waals surface area contributed by atoms with Crippen molar-refractivity contribution in [3.8, 4) is 0 Å². The van der Waals surface area contributed by atoms with E-state index >= 15 is 0 Å². The van der Waals surface area contributed by atoms with Crippen molar-refractivity contribution >= 4 is 10.9 Å². The number of hydrogen-bond acceptors (Lipinski definition) is 0. The van der Waals surface area contributed by atoms with E-state index in [9.17, 15) is 70.2 Å². The van der Waals surface area contributed by atoms with E-state index in [1.54, 1.807) is 0 Å². The highest BCUT2D eigenvalue weighted by Crippen LogP contribution is 2.63. The molecule has 0 aliphatic carbocycles. The van der Waals surface area contributed by atoms with Gasteiger partial charge in [0.1, 0.15) is 17.2 Å². The SMILES string of the molecule is C[S+](c1ccccc1)C(F)(F)C(F)(F)C(F)(F)C(F)(F)C(F)(F)C(F)(F)C(F)(F)C(F)F. The molecule has 0 amide bonds. The second-order valence-corrected chi connectivity index (χ2v) is 8.14. The fourth-order valence-corrected chi connectivity index (χ4v) is 3.46. The first-order valence-corrected chi connectivity index (χ1v) is 9.23. The van der Waals surface area contributed by atoms with Crippen LogP contribution in [0.3, 0.4) is 0 Å². The molecule has 0 bridgehead atoms. The van der Waals surface area contributed by atoms with Crippen LogP contribution in [0.5, 0.6) is 0 Å². The molecule has 17 heteroatoms. The summed E-state index contributed by atoms with van der Waals surface area (Å²) in [6.45, 7) is 0. The lowest BCUT2D eigenvalue weighted by atomic mass is 9.91. The molecule has 0 nitrogen and oxygen atoms in total. The van der Waals surface area contributed by atoms with Gasteiger partial charge < -0.3 is 0 Å². The zero-order valence-corrected chi connectivity index (χ0v) is 15.7. The van der Waals surface area contributed by atoms with E-state index in [1.165, 1.54) is 0 Å². The van der Waals surface area contributed by atoms with E-state index in [1.807, 2.05) is 0 Å². The van der Waals surface area contributed by atoms with Crippen LogP contribution in [-0.4, -0.2) is 53.5 Å². The Balaban J connectivity index is 3.62. The predicted octanol–water partition coefficient (Wildman–Crippen LogP) is 6.96. The second kappa shape index (κ2) is 8.04. The number of hydrogen-bond donors (Lipinski definition) is 0. The van der Waals surface area contributed by atoms with Crippen molar-refractivity contribution in [3.05, 3.63) is 30.3 Å². The predicted molar refractivity (Wildman–Crippen MR) is 78.6 cm³/mol. The van der Waals surface area contributed by atoms with E-state index in [0.717, 1.165) is 18.2 Å². The average Bonchev–Trinajstić information content (AvgIpc) is 2.66. The van der Waals surface area contributed by atoms with Gasteiger partial charge in [-0.3, -0.25) is 0 Å². The van der Waals surface area contributed by atoms with Crippen molar-refractivity contribution in [1.29, 1.82) is 0 Å². The largest absolute Gasteiger partial charge is 0.485 e. The highest BCUT2D eigenvalue weighted by atomic mass is 32.2. The van der Waals surface area contributed by atoms with Gasteiger partial charge in [-0.15, -0.1) is 8.78 Å². The van der Waals surface area contributed by atoms with E-state index in [-0.39, 0.29) is 6.26 Å². The van der Waals surface area contributed by atoms with Crippen LogP contribution < -0.4 is 0 Å². The summed E-state index contributed by atoms with van der Waals surface area (Å²) in [5.74, 6) is -47.9. The third-order valence-electron chi connectivity index (χ3n) is 4.12. The van der Waals surface area contributed by atoms with Gasteiger partial charge in [0.05, 0.1) is 0 Å². The van der Waals surface area contributed by atoms with E-state index in [2.05, 4.69) is 0 Å². The van der Waals surface area contributed by atoms with Crippen LogP contribution in [0.1, 0.15) is 0 Å². The Hall–Kier alpha value is -1.55. The van der Waals surface area contributed by atoms with Crippen molar-refractivity contribution in [1.82, 2.24) is 0 Å². The van der Waals surface area contributed by atoms with Gasteiger partial charge in [-0.2, -0.15) is 52.7 Å². The molecule has 186 valence electrons. The number of alkyl halides is 16. The number of benzene rings is 1. The molecule has 0 fully saturated rings. The zero-order valence-electron chi connectivity index (χ0n) is 14.9. The Kier molecular flexibility index (Phi) is 7.16. The lowest BCUT2D eigenvalue weighted by Crippen LogP contribution is -2.74. The summed E-state index contributed by atoms with van der Waals surface area (Å²) in [6.07, 6.45) is -5.76. The van der Waals surface area contributed by atoms with E-state index in [4.69, 9.17) is 0 Å². The van der Waals surface area contributed by atoms with Gasteiger partial charge in [-0.05, 0) is 12.1 Å². The van der Waals surface area contributed by atoms with Gasteiger partial charge >= 0.3 is 47.2 Å². The van der Waals surface area contributed by atoms with E-state index < -0.39 is 63.0 Å². The summed E-state index contributed by atoms with van der Waals surface area (Å²) < 4.78 is 213. The Labute approximate surface area is 170 Å². The molecule has 0 saturated heterocycles. The molecule has 32 heavy (non-hydrogen) atoms. The van der Waals surface area contributed by atoms with Gasteiger partial charge in [-0.25, -0.2) is 8.78 Å². The molecule has 0 spiro atoms. The maximum atomic E-state index is 14.1. The fraction of sp³-hybridized carbons (Fsp3) is 0.600. The van der Waals surface area contributed by atoms with Gasteiger partial charge in [0.2, 0.25) is 0 Å². The maximum Gasteiger partial charge on any atom is 0.485 e. The molecule has 1 rings (SSSR count). The lowest BCUT2D eigenvalue weighted by Gasteiger charge is -2.41. The molecule has 1 aromatic rings. The molecule has 0 aromatic heterocycles. The van der Waals surface area contributed by atoms with Crippen LogP contribution in [0.15, 0.2) is 35.2 Å². The summed E-state index contributed by atoms with van der Waals surface area (Å²) >= 11 is 0. The Morgan fingerprint density at radius 1 is 0.562 bits per heavy atom. The molecule has 0 N–H and O–H groups in total. The number of rotatable bonds is 9. The average molecular weight is 525 g/mol. The van der Waals surface area contributed by atoms with Crippen molar-refractivity contribution in [2.75, 3.05) is 6.26 Å². The third kappa shape index (κ3) is 3.67. The van der Waals surface area contributed by atoms with Gasteiger partial charge in [0.25, 0.3) is 0 Å². The minimum absolute atomic E-state index is 0.0924. The molecule has 1 aromatic carbocycles. The number of halogens is 16. The first kappa shape index (κ1) is 28.5. The molecule has 0 saturated carbocycles. The monoisotopic (exact) mass is 525 g/mol. The standard InChI is InChI=1S/C15H9F16S/c1-32(7-5-3-2-4-6-7)15(30,31)14(28,29)13(26,27)12(24,25)11(22,23)10(20,21)9(18,19)8(16)17/h2-6,8H,1H3/q+1.